The van der Waals surface area contributed by atoms with Gasteiger partial charge < -0.3 is 5.73 Å². The number of nitrogens with two attached hydrogens (primary N) is 1. The molecule has 1 rings (SSSR count). The quantitative estimate of drug-likeness (QED) is 0.757. The van der Waals surface area contributed by atoms with Crippen molar-refractivity contribution in [2.45, 2.75) is 26.3 Å². The maximum Gasteiger partial charge on any atom is 0.0456 e. The second-order valence-electron chi connectivity index (χ2n) is 3.74. The Bertz CT molecular complexity index is 324. The van der Waals surface area contributed by atoms with Gasteiger partial charge in [0, 0.05) is 11.1 Å². The lowest BCUT2D eigenvalue weighted by Gasteiger charge is -2.16. The Morgan fingerprint density at radius 3 is 2.71 bits per heavy atom. The average molecular weight is 210 g/mol. The van der Waals surface area contributed by atoms with Gasteiger partial charge in [0.15, 0.2) is 0 Å². The fraction of sp³-hybridized carbons (Fsp3) is 0.333. The van der Waals surface area contributed by atoms with Crippen molar-refractivity contribution in [1.29, 1.82) is 0 Å². The lowest BCUT2D eigenvalue weighted by molar-refractivity contribution is 0.712. The molecule has 0 radical (unpaired) electrons. The van der Waals surface area contributed by atoms with E-state index in [9.17, 15) is 0 Å². The van der Waals surface area contributed by atoms with Crippen LogP contribution in [-0.2, 0) is 0 Å². The number of benzene rings is 1. The highest BCUT2D eigenvalue weighted by molar-refractivity contribution is 6.31. The van der Waals surface area contributed by atoms with E-state index in [-0.39, 0.29) is 6.04 Å². The summed E-state index contributed by atoms with van der Waals surface area (Å²) in [6, 6.07) is 5.80. The summed E-state index contributed by atoms with van der Waals surface area (Å²) in [4.78, 5) is 0. The normalized spacial score (nSPS) is 12.6. The zero-order valence-corrected chi connectivity index (χ0v) is 9.43. The van der Waals surface area contributed by atoms with Gasteiger partial charge in [-0.25, -0.2) is 0 Å². The van der Waals surface area contributed by atoms with Crippen LogP contribution in [0, 0.1) is 6.92 Å². The van der Waals surface area contributed by atoms with Gasteiger partial charge in [-0.15, -0.1) is 6.58 Å². The van der Waals surface area contributed by atoms with E-state index in [1.165, 1.54) is 0 Å². The van der Waals surface area contributed by atoms with E-state index in [4.69, 9.17) is 17.3 Å². The van der Waals surface area contributed by atoms with Crippen molar-refractivity contribution in [2.75, 3.05) is 0 Å². The second-order valence-corrected chi connectivity index (χ2v) is 4.15. The molecule has 1 aromatic rings. The smallest absolute Gasteiger partial charge is 0.0456 e. The van der Waals surface area contributed by atoms with E-state index in [0.717, 1.165) is 28.1 Å². The van der Waals surface area contributed by atoms with E-state index in [1.807, 2.05) is 32.0 Å². The minimum absolute atomic E-state index is 0.0406. The Hall–Kier alpha value is -0.790. The van der Waals surface area contributed by atoms with Crippen LogP contribution in [-0.4, -0.2) is 0 Å². The summed E-state index contributed by atoms with van der Waals surface area (Å²) >= 11 is 6.10. The zero-order chi connectivity index (χ0) is 10.7. The number of halogens is 1. The molecule has 0 unspecified atom stereocenters. The highest BCUT2D eigenvalue weighted by atomic mass is 35.5. The minimum Gasteiger partial charge on any atom is -0.324 e. The SMILES string of the molecule is C=C(C)C[C@@H](N)c1c(C)cccc1Cl. The lowest BCUT2D eigenvalue weighted by atomic mass is 9.97. The molecule has 0 amide bonds. The third-order valence-corrected chi connectivity index (χ3v) is 2.54. The third-order valence-electron chi connectivity index (χ3n) is 2.21. The largest absolute Gasteiger partial charge is 0.324 e. The first-order chi connectivity index (χ1) is 6.52. The van der Waals surface area contributed by atoms with Gasteiger partial charge >= 0.3 is 0 Å². The van der Waals surface area contributed by atoms with Crippen LogP contribution in [0.3, 0.4) is 0 Å². The molecular weight excluding hydrogens is 194 g/mol. The molecule has 0 saturated carbocycles. The topological polar surface area (TPSA) is 26.0 Å². The Labute approximate surface area is 90.6 Å². The van der Waals surface area contributed by atoms with E-state index >= 15 is 0 Å². The van der Waals surface area contributed by atoms with E-state index in [1.54, 1.807) is 0 Å². The highest BCUT2D eigenvalue weighted by Gasteiger charge is 2.12. The Morgan fingerprint density at radius 1 is 1.57 bits per heavy atom. The molecule has 0 aliphatic carbocycles. The zero-order valence-electron chi connectivity index (χ0n) is 8.68. The van der Waals surface area contributed by atoms with Crippen LogP contribution in [0.2, 0.25) is 5.02 Å². The standard InChI is InChI=1S/C12H16ClN/c1-8(2)7-11(14)12-9(3)5-4-6-10(12)13/h4-6,11H,1,7,14H2,2-3H3/t11-/m1/s1. The van der Waals surface area contributed by atoms with Gasteiger partial charge in [0.25, 0.3) is 0 Å². The first kappa shape index (κ1) is 11.3. The molecule has 0 aliphatic heterocycles. The van der Waals surface area contributed by atoms with Crippen molar-refractivity contribution in [2.24, 2.45) is 5.73 Å². The van der Waals surface area contributed by atoms with E-state index < -0.39 is 0 Å². The maximum absolute atomic E-state index is 6.10. The van der Waals surface area contributed by atoms with E-state index in [0.29, 0.717) is 0 Å². The van der Waals surface area contributed by atoms with Gasteiger partial charge in [0.05, 0.1) is 0 Å². The monoisotopic (exact) mass is 209 g/mol. The summed E-state index contributed by atoms with van der Waals surface area (Å²) in [5.41, 5.74) is 9.32. The number of aryl methyl sites for hydroxylation is 1. The van der Waals surface area contributed by atoms with Crippen molar-refractivity contribution < 1.29 is 0 Å². The van der Waals surface area contributed by atoms with Gasteiger partial charge in [-0.1, -0.05) is 29.3 Å². The molecular formula is C12H16ClN. The Kier molecular flexibility index (Phi) is 3.73. The van der Waals surface area contributed by atoms with Crippen LogP contribution in [0.5, 0.6) is 0 Å². The molecule has 1 nitrogen and oxygen atoms in total. The first-order valence-electron chi connectivity index (χ1n) is 4.67. The fourth-order valence-corrected chi connectivity index (χ4v) is 1.95. The predicted molar refractivity (Wildman–Crippen MR) is 62.5 cm³/mol. The predicted octanol–water partition coefficient (Wildman–Crippen LogP) is 3.61. The third kappa shape index (κ3) is 2.60. The summed E-state index contributed by atoms with van der Waals surface area (Å²) in [5, 5.41) is 0.749. The summed E-state index contributed by atoms with van der Waals surface area (Å²) in [6.45, 7) is 7.86. The molecule has 0 fully saturated rings. The number of rotatable bonds is 3. The van der Waals surface area contributed by atoms with Gasteiger partial charge in [-0.05, 0) is 37.5 Å². The highest BCUT2D eigenvalue weighted by Crippen LogP contribution is 2.28. The van der Waals surface area contributed by atoms with Crippen LogP contribution in [0.4, 0.5) is 0 Å². The molecule has 14 heavy (non-hydrogen) atoms. The Balaban J connectivity index is 2.99. The second kappa shape index (κ2) is 4.63. The summed E-state index contributed by atoms with van der Waals surface area (Å²) < 4.78 is 0. The minimum atomic E-state index is -0.0406. The summed E-state index contributed by atoms with van der Waals surface area (Å²) in [5.74, 6) is 0. The molecule has 0 aliphatic rings. The van der Waals surface area contributed by atoms with Gasteiger partial charge in [-0.2, -0.15) is 0 Å². The summed E-state index contributed by atoms with van der Waals surface area (Å²) in [6.07, 6.45) is 0.782. The van der Waals surface area contributed by atoms with Crippen molar-refractivity contribution >= 4 is 11.6 Å². The molecule has 1 atom stereocenters. The van der Waals surface area contributed by atoms with Crippen molar-refractivity contribution in [3.8, 4) is 0 Å². The molecule has 1 aromatic carbocycles. The number of hydrogen-bond donors (Lipinski definition) is 1. The maximum atomic E-state index is 6.10. The van der Waals surface area contributed by atoms with Crippen LogP contribution in [0.1, 0.15) is 30.5 Å². The molecule has 0 bridgehead atoms. The number of hydrogen-bond acceptors (Lipinski definition) is 1. The van der Waals surface area contributed by atoms with Crippen molar-refractivity contribution in [1.82, 2.24) is 0 Å². The summed E-state index contributed by atoms with van der Waals surface area (Å²) in [7, 11) is 0. The van der Waals surface area contributed by atoms with Crippen molar-refractivity contribution in [3.63, 3.8) is 0 Å². The van der Waals surface area contributed by atoms with Crippen LogP contribution in [0.25, 0.3) is 0 Å². The average Bonchev–Trinajstić information content (AvgIpc) is 2.01. The van der Waals surface area contributed by atoms with Gasteiger partial charge in [0.1, 0.15) is 0 Å². The lowest BCUT2D eigenvalue weighted by Crippen LogP contribution is -2.12. The van der Waals surface area contributed by atoms with Gasteiger partial charge in [0.2, 0.25) is 0 Å². The Morgan fingerprint density at radius 2 is 2.21 bits per heavy atom. The first-order valence-corrected chi connectivity index (χ1v) is 5.05. The van der Waals surface area contributed by atoms with Crippen LogP contribution >= 0.6 is 11.6 Å². The molecule has 0 saturated heterocycles. The molecule has 2 N–H and O–H groups in total. The molecule has 76 valence electrons. The molecule has 0 spiro atoms. The van der Waals surface area contributed by atoms with Gasteiger partial charge in [-0.3, -0.25) is 0 Å². The molecule has 0 aromatic heterocycles. The fourth-order valence-electron chi connectivity index (χ4n) is 1.59. The van der Waals surface area contributed by atoms with Crippen LogP contribution in [0.15, 0.2) is 30.4 Å². The van der Waals surface area contributed by atoms with E-state index in [2.05, 4.69) is 6.58 Å². The van der Waals surface area contributed by atoms with Crippen molar-refractivity contribution in [3.05, 3.63) is 46.5 Å². The van der Waals surface area contributed by atoms with Crippen LogP contribution < -0.4 is 5.73 Å². The molecule has 2 heteroatoms. The molecule has 0 heterocycles.